The first-order valence-electron chi connectivity index (χ1n) is 6.63. The van der Waals surface area contributed by atoms with Gasteiger partial charge in [0.15, 0.2) is 0 Å². The molecular formula is C13H20N4O4. The van der Waals surface area contributed by atoms with Gasteiger partial charge in [-0.2, -0.15) is 0 Å². The highest BCUT2D eigenvalue weighted by molar-refractivity contribution is 6.01. The zero-order valence-corrected chi connectivity index (χ0v) is 11.9. The molecule has 1 aromatic rings. The zero-order valence-electron chi connectivity index (χ0n) is 11.9. The van der Waals surface area contributed by atoms with Crippen molar-refractivity contribution in [3.8, 4) is 0 Å². The summed E-state index contributed by atoms with van der Waals surface area (Å²) in [5.41, 5.74) is 2.16. The van der Waals surface area contributed by atoms with E-state index >= 15 is 0 Å². The summed E-state index contributed by atoms with van der Waals surface area (Å²) in [6, 6.07) is 4.23. The van der Waals surface area contributed by atoms with Crippen LogP contribution < -0.4 is 16.6 Å². The van der Waals surface area contributed by atoms with E-state index in [4.69, 9.17) is 10.6 Å². The Morgan fingerprint density at radius 3 is 2.76 bits per heavy atom. The van der Waals surface area contributed by atoms with E-state index in [9.17, 15) is 14.9 Å². The molecule has 0 aromatic heterocycles. The number of nitrogen functional groups attached to an aromatic ring is 1. The third kappa shape index (κ3) is 5.01. The van der Waals surface area contributed by atoms with Crippen LogP contribution in [-0.4, -0.2) is 31.1 Å². The Bertz CT molecular complexity index is 493. The minimum absolute atomic E-state index is 0.0133. The van der Waals surface area contributed by atoms with Crippen molar-refractivity contribution < 1.29 is 14.5 Å². The number of amides is 1. The molecule has 1 rings (SSSR count). The molecule has 1 amide bonds. The molecule has 0 bridgehead atoms. The number of anilines is 1. The molecule has 116 valence electrons. The van der Waals surface area contributed by atoms with E-state index < -0.39 is 10.8 Å². The number of carbonyl (C=O) groups is 1. The van der Waals surface area contributed by atoms with Crippen LogP contribution >= 0.6 is 0 Å². The van der Waals surface area contributed by atoms with E-state index in [1.165, 1.54) is 18.2 Å². The normalized spacial score (nSPS) is 10.2. The average molecular weight is 296 g/mol. The van der Waals surface area contributed by atoms with Gasteiger partial charge in [0.2, 0.25) is 0 Å². The maximum atomic E-state index is 12.0. The fourth-order valence-corrected chi connectivity index (χ4v) is 1.88. The van der Waals surface area contributed by atoms with Crippen LogP contribution in [0.25, 0.3) is 0 Å². The molecule has 0 saturated heterocycles. The van der Waals surface area contributed by atoms with Crippen LogP contribution in [0.1, 0.15) is 29.6 Å². The highest BCUT2D eigenvalue weighted by Gasteiger charge is 2.20. The number of unbranched alkanes of at least 4 members (excludes halogenated alkanes) is 2. The van der Waals surface area contributed by atoms with Crippen molar-refractivity contribution in [3.63, 3.8) is 0 Å². The first-order valence-corrected chi connectivity index (χ1v) is 6.63. The fraction of sp³-hybridized carbons (Fsp3) is 0.462. The van der Waals surface area contributed by atoms with Gasteiger partial charge >= 0.3 is 0 Å². The number of benzene rings is 1. The minimum atomic E-state index is -0.587. The smallest absolute Gasteiger partial charge is 0.294 e. The van der Waals surface area contributed by atoms with Crippen molar-refractivity contribution in [3.05, 3.63) is 33.9 Å². The molecule has 8 heteroatoms. The van der Waals surface area contributed by atoms with Crippen LogP contribution in [0.15, 0.2) is 18.2 Å². The lowest BCUT2D eigenvalue weighted by Crippen LogP contribution is -2.26. The standard InChI is InChI=1S/C13H20N4O4/c1-21-9-4-2-3-8-15-13(18)10-6-5-7-11(17(19)20)12(10)16-14/h5-7,16H,2-4,8-9,14H2,1H3,(H,15,18). The molecular weight excluding hydrogens is 276 g/mol. The number of nitrogens with one attached hydrogen (secondary N) is 2. The fourth-order valence-electron chi connectivity index (χ4n) is 1.88. The van der Waals surface area contributed by atoms with Gasteiger partial charge in [0.1, 0.15) is 5.69 Å². The molecule has 0 heterocycles. The molecule has 0 aliphatic heterocycles. The van der Waals surface area contributed by atoms with Gasteiger partial charge in [0.25, 0.3) is 11.6 Å². The third-order valence-corrected chi connectivity index (χ3v) is 2.94. The van der Waals surface area contributed by atoms with Crippen molar-refractivity contribution in [2.24, 2.45) is 5.84 Å². The minimum Gasteiger partial charge on any atom is -0.385 e. The van der Waals surface area contributed by atoms with E-state index in [1.807, 2.05) is 0 Å². The predicted octanol–water partition coefficient (Wildman–Crippen LogP) is 1.43. The summed E-state index contributed by atoms with van der Waals surface area (Å²) in [6.07, 6.45) is 2.68. The molecule has 1 aromatic carbocycles. The maximum Gasteiger partial charge on any atom is 0.294 e. The summed E-state index contributed by atoms with van der Waals surface area (Å²) >= 11 is 0. The van der Waals surface area contributed by atoms with E-state index in [0.717, 1.165) is 19.3 Å². The predicted molar refractivity (Wildman–Crippen MR) is 79.0 cm³/mol. The molecule has 0 aliphatic rings. The number of hydrogen-bond acceptors (Lipinski definition) is 6. The number of hydrazine groups is 1. The van der Waals surface area contributed by atoms with Crippen LogP contribution in [0.5, 0.6) is 0 Å². The lowest BCUT2D eigenvalue weighted by molar-refractivity contribution is -0.384. The summed E-state index contributed by atoms with van der Waals surface area (Å²) in [5.74, 6) is 4.90. The summed E-state index contributed by atoms with van der Waals surface area (Å²) in [5, 5.41) is 13.6. The second kappa shape index (κ2) is 8.88. The van der Waals surface area contributed by atoms with Crippen molar-refractivity contribution in [2.75, 3.05) is 25.7 Å². The van der Waals surface area contributed by atoms with Crippen LogP contribution in [0, 0.1) is 10.1 Å². The molecule has 0 spiro atoms. The van der Waals surface area contributed by atoms with Gasteiger partial charge < -0.3 is 15.5 Å². The number of methoxy groups -OCH3 is 1. The highest BCUT2D eigenvalue weighted by atomic mass is 16.6. The molecule has 0 saturated carbocycles. The zero-order chi connectivity index (χ0) is 15.7. The summed E-state index contributed by atoms with van der Waals surface area (Å²) in [6.45, 7) is 1.19. The molecule has 0 fully saturated rings. The van der Waals surface area contributed by atoms with Crippen molar-refractivity contribution in [2.45, 2.75) is 19.3 Å². The van der Waals surface area contributed by atoms with Crippen molar-refractivity contribution >= 4 is 17.3 Å². The largest absolute Gasteiger partial charge is 0.385 e. The van der Waals surface area contributed by atoms with Gasteiger partial charge in [0.05, 0.1) is 10.5 Å². The number of rotatable bonds is 9. The molecule has 0 unspecified atom stereocenters. The monoisotopic (exact) mass is 296 g/mol. The van der Waals surface area contributed by atoms with Gasteiger partial charge in [-0.1, -0.05) is 6.07 Å². The Hall–Kier alpha value is -2.19. The number of nitrogens with two attached hydrogens (primary N) is 1. The number of carbonyl (C=O) groups excluding carboxylic acids is 1. The second-order valence-corrected chi connectivity index (χ2v) is 4.41. The van der Waals surface area contributed by atoms with Crippen molar-refractivity contribution in [1.82, 2.24) is 5.32 Å². The van der Waals surface area contributed by atoms with Crippen LogP contribution in [0.4, 0.5) is 11.4 Å². The molecule has 0 aliphatic carbocycles. The number of para-hydroxylation sites is 1. The van der Waals surface area contributed by atoms with Gasteiger partial charge in [-0.15, -0.1) is 0 Å². The Morgan fingerprint density at radius 2 is 2.14 bits per heavy atom. The molecule has 8 nitrogen and oxygen atoms in total. The second-order valence-electron chi connectivity index (χ2n) is 4.41. The van der Waals surface area contributed by atoms with Gasteiger partial charge in [-0.3, -0.25) is 20.8 Å². The molecule has 4 N–H and O–H groups in total. The summed E-state index contributed by atoms with van der Waals surface area (Å²) in [7, 11) is 1.64. The Kier molecular flexibility index (Phi) is 7.13. The summed E-state index contributed by atoms with van der Waals surface area (Å²) in [4.78, 5) is 22.3. The Labute approximate surface area is 122 Å². The summed E-state index contributed by atoms with van der Waals surface area (Å²) < 4.78 is 4.93. The van der Waals surface area contributed by atoms with Gasteiger partial charge in [0, 0.05) is 26.3 Å². The number of nitro benzene ring substituents is 1. The average Bonchev–Trinajstić information content (AvgIpc) is 2.49. The Morgan fingerprint density at radius 1 is 1.38 bits per heavy atom. The molecule has 0 radical (unpaired) electrons. The number of hydrogen-bond donors (Lipinski definition) is 3. The number of nitrogens with zero attached hydrogens (tertiary/aromatic N) is 1. The first-order chi connectivity index (χ1) is 10.1. The van der Waals surface area contributed by atoms with E-state index in [1.54, 1.807) is 7.11 Å². The first kappa shape index (κ1) is 16.9. The molecule has 0 atom stereocenters. The third-order valence-electron chi connectivity index (χ3n) is 2.94. The highest BCUT2D eigenvalue weighted by Crippen LogP contribution is 2.27. The number of ether oxygens (including phenoxy) is 1. The van der Waals surface area contributed by atoms with Crippen molar-refractivity contribution in [1.29, 1.82) is 0 Å². The molecule has 21 heavy (non-hydrogen) atoms. The van der Waals surface area contributed by atoms with Gasteiger partial charge in [-0.25, -0.2) is 0 Å². The van der Waals surface area contributed by atoms with Gasteiger partial charge in [-0.05, 0) is 25.3 Å². The lowest BCUT2D eigenvalue weighted by atomic mass is 10.1. The van der Waals surface area contributed by atoms with E-state index in [-0.39, 0.29) is 16.9 Å². The quantitative estimate of drug-likeness (QED) is 0.274. The topological polar surface area (TPSA) is 120 Å². The lowest BCUT2D eigenvalue weighted by Gasteiger charge is -2.10. The Balaban J connectivity index is 2.62. The number of nitro groups is 1. The SMILES string of the molecule is COCCCCCNC(=O)c1cccc([N+](=O)[O-])c1NN. The maximum absolute atomic E-state index is 12.0. The van der Waals surface area contributed by atoms with E-state index in [0.29, 0.717) is 13.2 Å². The van der Waals surface area contributed by atoms with E-state index in [2.05, 4.69) is 10.7 Å². The van der Waals surface area contributed by atoms with Crippen LogP contribution in [-0.2, 0) is 4.74 Å². The van der Waals surface area contributed by atoms with Crippen LogP contribution in [0.3, 0.4) is 0 Å². The van der Waals surface area contributed by atoms with Crippen LogP contribution in [0.2, 0.25) is 0 Å².